The summed E-state index contributed by atoms with van der Waals surface area (Å²) < 4.78 is 4.77. The number of ether oxygens (including phenoxy) is 1. The number of hydrogen-bond acceptors (Lipinski definition) is 4. The predicted molar refractivity (Wildman–Crippen MR) is 77.1 cm³/mol. The molecule has 1 rings (SSSR count). The first-order valence-electron chi connectivity index (χ1n) is 6.66. The van der Waals surface area contributed by atoms with Gasteiger partial charge in [-0.2, -0.15) is 0 Å². The largest absolute Gasteiger partial charge is 0.467 e. The summed E-state index contributed by atoms with van der Waals surface area (Å²) in [6.07, 6.45) is 1.28. The van der Waals surface area contributed by atoms with Crippen LogP contribution in [0.2, 0.25) is 0 Å². The summed E-state index contributed by atoms with van der Waals surface area (Å²) in [6, 6.07) is 6.98. The second-order valence-corrected chi connectivity index (χ2v) is 4.93. The minimum absolute atomic E-state index is 0.296. The quantitative estimate of drug-likeness (QED) is 0.775. The maximum atomic E-state index is 12.2. The highest BCUT2D eigenvalue weighted by atomic mass is 16.5. The zero-order valence-electron chi connectivity index (χ0n) is 12.2. The minimum Gasteiger partial charge on any atom is -0.467 e. The highest BCUT2D eigenvalue weighted by Crippen LogP contribution is 2.16. The monoisotopic (exact) mass is 278 g/mol. The number of esters is 1. The lowest BCUT2D eigenvalue weighted by atomic mass is 9.95. The fourth-order valence-corrected chi connectivity index (χ4v) is 2.06. The van der Waals surface area contributed by atoms with Gasteiger partial charge in [0.15, 0.2) is 0 Å². The molecule has 0 aliphatic heterocycles. The first-order chi connectivity index (χ1) is 9.46. The van der Waals surface area contributed by atoms with E-state index < -0.39 is 11.5 Å². The molecule has 5 heteroatoms. The molecule has 0 saturated heterocycles. The number of carbonyl (C=O) groups is 2. The van der Waals surface area contributed by atoms with Crippen LogP contribution < -0.4 is 11.1 Å². The molecule has 0 radical (unpaired) electrons. The lowest BCUT2D eigenvalue weighted by Crippen LogP contribution is -2.52. The van der Waals surface area contributed by atoms with Gasteiger partial charge in [0.2, 0.25) is 0 Å². The summed E-state index contributed by atoms with van der Waals surface area (Å²) in [4.78, 5) is 24.0. The van der Waals surface area contributed by atoms with E-state index in [1.807, 2.05) is 6.92 Å². The van der Waals surface area contributed by atoms with E-state index in [0.29, 0.717) is 18.5 Å². The predicted octanol–water partition coefficient (Wildman–Crippen LogP) is 1.61. The van der Waals surface area contributed by atoms with Gasteiger partial charge in [0.25, 0.3) is 5.91 Å². The molecule has 1 aromatic rings. The van der Waals surface area contributed by atoms with E-state index in [4.69, 9.17) is 10.5 Å². The SMILES string of the molecule is CCCC(C)(NC(=O)c1ccc(CN)cc1)C(=O)OC. The van der Waals surface area contributed by atoms with Crippen LogP contribution in [0.5, 0.6) is 0 Å². The smallest absolute Gasteiger partial charge is 0.331 e. The Morgan fingerprint density at radius 1 is 1.30 bits per heavy atom. The third-order valence-electron chi connectivity index (χ3n) is 3.23. The lowest BCUT2D eigenvalue weighted by molar-refractivity contribution is -0.147. The van der Waals surface area contributed by atoms with Gasteiger partial charge >= 0.3 is 5.97 Å². The maximum Gasteiger partial charge on any atom is 0.331 e. The molecule has 1 unspecified atom stereocenters. The summed E-state index contributed by atoms with van der Waals surface area (Å²) in [5.41, 5.74) is 5.95. The number of nitrogens with one attached hydrogen (secondary N) is 1. The number of nitrogens with two attached hydrogens (primary N) is 1. The van der Waals surface area contributed by atoms with Gasteiger partial charge in [-0.1, -0.05) is 25.5 Å². The van der Waals surface area contributed by atoms with Crippen LogP contribution in [0.25, 0.3) is 0 Å². The van der Waals surface area contributed by atoms with Crippen molar-refractivity contribution in [3.8, 4) is 0 Å². The van der Waals surface area contributed by atoms with Gasteiger partial charge in [0.05, 0.1) is 7.11 Å². The van der Waals surface area contributed by atoms with Crippen LogP contribution in [0.1, 0.15) is 42.6 Å². The Labute approximate surface area is 119 Å². The molecule has 5 nitrogen and oxygen atoms in total. The van der Waals surface area contributed by atoms with Gasteiger partial charge in [-0.25, -0.2) is 4.79 Å². The molecule has 1 aromatic carbocycles. The van der Waals surface area contributed by atoms with Crippen LogP contribution >= 0.6 is 0 Å². The van der Waals surface area contributed by atoms with Crippen molar-refractivity contribution in [2.45, 2.75) is 38.8 Å². The van der Waals surface area contributed by atoms with Crippen LogP contribution in [-0.2, 0) is 16.1 Å². The molecular weight excluding hydrogens is 256 g/mol. The van der Waals surface area contributed by atoms with Gasteiger partial charge in [-0.3, -0.25) is 4.79 Å². The first-order valence-corrected chi connectivity index (χ1v) is 6.66. The van der Waals surface area contributed by atoms with E-state index in [-0.39, 0.29) is 5.91 Å². The van der Waals surface area contributed by atoms with Crippen molar-refractivity contribution in [3.63, 3.8) is 0 Å². The van der Waals surface area contributed by atoms with Crippen molar-refractivity contribution in [1.29, 1.82) is 0 Å². The summed E-state index contributed by atoms with van der Waals surface area (Å²) >= 11 is 0. The first kappa shape index (κ1) is 16.2. The Balaban J connectivity index is 2.87. The highest BCUT2D eigenvalue weighted by Gasteiger charge is 2.35. The molecule has 3 N–H and O–H groups in total. The minimum atomic E-state index is -1.01. The van der Waals surface area contributed by atoms with Gasteiger partial charge in [0, 0.05) is 12.1 Å². The van der Waals surface area contributed by atoms with Gasteiger partial charge < -0.3 is 15.8 Å². The van der Waals surface area contributed by atoms with Crippen molar-refractivity contribution < 1.29 is 14.3 Å². The molecule has 0 aliphatic carbocycles. The van der Waals surface area contributed by atoms with Gasteiger partial charge in [0.1, 0.15) is 5.54 Å². The summed E-state index contributed by atoms with van der Waals surface area (Å²) in [6.45, 7) is 4.05. The third-order valence-corrected chi connectivity index (χ3v) is 3.23. The Morgan fingerprint density at radius 3 is 2.35 bits per heavy atom. The molecule has 0 fully saturated rings. The molecule has 0 aliphatic rings. The lowest BCUT2D eigenvalue weighted by Gasteiger charge is -2.27. The normalized spacial score (nSPS) is 13.4. The van der Waals surface area contributed by atoms with Gasteiger partial charge in [-0.05, 0) is 31.0 Å². The van der Waals surface area contributed by atoms with E-state index in [1.165, 1.54) is 7.11 Å². The van der Waals surface area contributed by atoms with Gasteiger partial charge in [-0.15, -0.1) is 0 Å². The summed E-state index contributed by atoms with van der Waals surface area (Å²) in [5, 5.41) is 2.75. The molecule has 110 valence electrons. The number of hydrogen-bond donors (Lipinski definition) is 2. The Morgan fingerprint density at radius 2 is 1.90 bits per heavy atom. The molecule has 0 saturated carbocycles. The number of methoxy groups -OCH3 is 1. The zero-order valence-corrected chi connectivity index (χ0v) is 12.2. The van der Waals surface area contributed by atoms with Crippen molar-refractivity contribution in [2.75, 3.05) is 7.11 Å². The average Bonchev–Trinajstić information content (AvgIpc) is 2.46. The molecule has 20 heavy (non-hydrogen) atoms. The number of amides is 1. The third kappa shape index (κ3) is 3.81. The van der Waals surface area contributed by atoms with Crippen LogP contribution in [0.3, 0.4) is 0 Å². The second kappa shape index (κ2) is 7.05. The number of rotatable bonds is 6. The van der Waals surface area contributed by atoms with Crippen molar-refractivity contribution >= 4 is 11.9 Å². The van der Waals surface area contributed by atoms with E-state index in [9.17, 15) is 9.59 Å². The fraction of sp³-hybridized carbons (Fsp3) is 0.467. The van der Waals surface area contributed by atoms with Crippen molar-refractivity contribution in [1.82, 2.24) is 5.32 Å². The van der Waals surface area contributed by atoms with Crippen molar-refractivity contribution in [3.05, 3.63) is 35.4 Å². The van der Waals surface area contributed by atoms with Crippen LogP contribution in [0.15, 0.2) is 24.3 Å². The average molecular weight is 278 g/mol. The van der Waals surface area contributed by atoms with E-state index in [1.54, 1.807) is 31.2 Å². The van der Waals surface area contributed by atoms with Crippen LogP contribution in [-0.4, -0.2) is 24.5 Å². The van der Waals surface area contributed by atoms with Crippen LogP contribution in [0.4, 0.5) is 0 Å². The molecule has 0 heterocycles. The maximum absolute atomic E-state index is 12.2. The number of benzene rings is 1. The molecule has 0 spiro atoms. The second-order valence-electron chi connectivity index (χ2n) is 4.93. The fourth-order valence-electron chi connectivity index (χ4n) is 2.06. The summed E-state index contributed by atoms with van der Waals surface area (Å²) in [7, 11) is 1.32. The Kier molecular flexibility index (Phi) is 5.70. The summed E-state index contributed by atoms with van der Waals surface area (Å²) in [5.74, 6) is -0.735. The van der Waals surface area contributed by atoms with E-state index in [2.05, 4.69) is 5.32 Å². The molecule has 1 amide bonds. The van der Waals surface area contributed by atoms with E-state index in [0.717, 1.165) is 12.0 Å². The Bertz CT molecular complexity index is 471. The van der Waals surface area contributed by atoms with Crippen LogP contribution in [0, 0.1) is 0 Å². The molecule has 0 bridgehead atoms. The van der Waals surface area contributed by atoms with Crippen molar-refractivity contribution in [2.24, 2.45) is 5.73 Å². The van der Waals surface area contributed by atoms with E-state index >= 15 is 0 Å². The molecule has 0 aromatic heterocycles. The Hall–Kier alpha value is -1.88. The molecule has 1 atom stereocenters. The topological polar surface area (TPSA) is 81.4 Å². The number of carbonyl (C=O) groups excluding carboxylic acids is 2. The zero-order chi connectivity index (χ0) is 15.2. The highest BCUT2D eigenvalue weighted by molar-refractivity contribution is 5.98. The standard InChI is InChI=1S/C15H22N2O3/c1-4-9-15(2,14(19)20-3)17-13(18)12-7-5-11(10-16)6-8-12/h5-8H,4,9-10,16H2,1-3H3,(H,17,18). The molecular formula is C15H22N2O3.